The number of halogens is 1. The van der Waals surface area contributed by atoms with Crippen LogP contribution in [0.15, 0.2) is 12.1 Å². The van der Waals surface area contributed by atoms with Crippen molar-refractivity contribution in [2.45, 2.75) is 104 Å². The lowest BCUT2D eigenvalue weighted by Gasteiger charge is -2.61. The molecule has 6 heteroatoms. The van der Waals surface area contributed by atoms with Crippen molar-refractivity contribution in [3.05, 3.63) is 21.3 Å². The molecular formula is C30H44ClNO3S. The number of hydrogen-bond acceptors (Lipinski definition) is 4. The molecule has 200 valence electrons. The second kappa shape index (κ2) is 10.0. The number of ketones is 1. The lowest BCUT2D eigenvalue weighted by atomic mass is 9.44. The lowest BCUT2D eigenvalue weighted by molar-refractivity contribution is -0.166. The van der Waals surface area contributed by atoms with Gasteiger partial charge in [-0.3, -0.25) is 9.59 Å². The predicted octanol–water partition coefficient (Wildman–Crippen LogP) is 7.19. The van der Waals surface area contributed by atoms with Gasteiger partial charge in [0.05, 0.1) is 16.5 Å². The highest BCUT2D eigenvalue weighted by Gasteiger charge is 2.62. The molecule has 1 aromatic heterocycles. The van der Waals surface area contributed by atoms with Crippen LogP contribution in [0.3, 0.4) is 0 Å². The summed E-state index contributed by atoms with van der Waals surface area (Å²) < 4.78 is 0.763. The van der Waals surface area contributed by atoms with Crippen LogP contribution in [0.1, 0.15) is 103 Å². The first-order chi connectivity index (χ1) is 17.1. The first-order valence-electron chi connectivity index (χ1n) is 14.3. The Morgan fingerprint density at radius 1 is 1.17 bits per heavy atom. The number of fused-ring (bicyclic) bond motifs is 5. The lowest BCUT2D eigenvalue weighted by Crippen LogP contribution is -2.58. The van der Waals surface area contributed by atoms with E-state index in [1.807, 2.05) is 12.1 Å². The second-order valence-corrected chi connectivity index (χ2v) is 14.9. The average molecular weight is 534 g/mol. The highest BCUT2D eigenvalue weighted by molar-refractivity contribution is 7.16. The summed E-state index contributed by atoms with van der Waals surface area (Å²) in [7, 11) is 0. The summed E-state index contributed by atoms with van der Waals surface area (Å²) in [6.07, 6.45) is 8.99. The summed E-state index contributed by atoms with van der Waals surface area (Å²) in [5, 5.41) is 14.5. The van der Waals surface area contributed by atoms with Gasteiger partial charge in [0.15, 0.2) is 0 Å². The van der Waals surface area contributed by atoms with Gasteiger partial charge >= 0.3 is 0 Å². The summed E-state index contributed by atoms with van der Waals surface area (Å²) in [4.78, 5) is 26.5. The van der Waals surface area contributed by atoms with Crippen molar-refractivity contribution < 1.29 is 14.7 Å². The molecule has 5 rings (SSSR count). The van der Waals surface area contributed by atoms with Crippen molar-refractivity contribution in [1.82, 2.24) is 5.32 Å². The van der Waals surface area contributed by atoms with E-state index in [2.05, 4.69) is 33.0 Å². The van der Waals surface area contributed by atoms with Crippen LogP contribution in [-0.2, 0) is 9.59 Å². The summed E-state index contributed by atoms with van der Waals surface area (Å²) in [6.45, 7) is 9.27. The number of thiophene rings is 1. The zero-order valence-corrected chi connectivity index (χ0v) is 24.0. The van der Waals surface area contributed by atoms with E-state index in [0.29, 0.717) is 54.6 Å². The number of aliphatic hydroxyl groups excluding tert-OH is 1. The normalized spacial score (nSPS) is 41.7. The number of amides is 1. The third-order valence-corrected chi connectivity index (χ3v) is 12.8. The Morgan fingerprint density at radius 3 is 2.61 bits per heavy atom. The second-order valence-electron chi connectivity index (χ2n) is 13.1. The van der Waals surface area contributed by atoms with Gasteiger partial charge in [0.2, 0.25) is 5.91 Å². The fourth-order valence-electron chi connectivity index (χ4n) is 9.64. The maximum Gasteiger partial charge on any atom is 0.220 e. The van der Waals surface area contributed by atoms with Gasteiger partial charge in [0.25, 0.3) is 0 Å². The minimum Gasteiger partial charge on any atom is -0.393 e. The highest BCUT2D eigenvalue weighted by atomic mass is 35.5. The molecule has 0 aliphatic heterocycles. The van der Waals surface area contributed by atoms with Gasteiger partial charge in [0, 0.05) is 24.1 Å². The van der Waals surface area contributed by atoms with Crippen molar-refractivity contribution in [2.75, 3.05) is 0 Å². The van der Waals surface area contributed by atoms with Gasteiger partial charge in [-0.2, -0.15) is 0 Å². The molecule has 0 spiro atoms. The topological polar surface area (TPSA) is 66.4 Å². The van der Waals surface area contributed by atoms with Gasteiger partial charge in [-0.15, -0.1) is 11.3 Å². The molecule has 0 aromatic carbocycles. The Hall–Kier alpha value is -0.910. The zero-order valence-electron chi connectivity index (χ0n) is 22.4. The Bertz CT molecular complexity index is 995. The maximum atomic E-state index is 13.1. The van der Waals surface area contributed by atoms with Crippen LogP contribution < -0.4 is 5.32 Å². The molecular weight excluding hydrogens is 490 g/mol. The quantitative estimate of drug-likeness (QED) is 0.406. The number of nitrogens with one attached hydrogen (secondary N) is 1. The summed E-state index contributed by atoms with van der Waals surface area (Å²) in [5.41, 5.74) is 0.334. The molecule has 5 unspecified atom stereocenters. The Morgan fingerprint density at radius 2 is 1.92 bits per heavy atom. The monoisotopic (exact) mass is 533 g/mol. The Labute approximate surface area is 226 Å². The van der Waals surface area contributed by atoms with Crippen LogP contribution in [0, 0.1) is 46.3 Å². The molecule has 0 bridgehead atoms. The van der Waals surface area contributed by atoms with Crippen LogP contribution in [-0.4, -0.2) is 22.9 Å². The van der Waals surface area contributed by atoms with E-state index in [1.54, 1.807) is 11.3 Å². The van der Waals surface area contributed by atoms with Gasteiger partial charge in [-0.25, -0.2) is 0 Å². The highest BCUT2D eigenvalue weighted by Crippen LogP contribution is 2.68. The van der Waals surface area contributed by atoms with Crippen LogP contribution in [0.4, 0.5) is 0 Å². The standard InChI is InChI=1S/C30H44ClNO3S/c1-5-24(26-8-9-27(31)36-26)32-28(35)14-17(2)20-6-7-21-19-16-25(34)23-15-18(33)10-12-30(23,4)22(19)11-13-29(20,21)3/h8-9,17,19-25,34H,5-7,10-16H2,1-4H3,(H,32,35)/t17-,19?,20?,21+,22+,23?,24+,25+,29?,30?/m1/s1. The predicted molar refractivity (Wildman–Crippen MR) is 146 cm³/mol. The Kier molecular flexibility index (Phi) is 7.41. The third-order valence-electron chi connectivity index (χ3n) is 11.4. The van der Waals surface area contributed by atoms with E-state index in [4.69, 9.17) is 11.6 Å². The van der Waals surface area contributed by atoms with E-state index < -0.39 is 0 Å². The molecule has 4 aliphatic rings. The molecule has 2 N–H and O–H groups in total. The van der Waals surface area contributed by atoms with Crippen LogP contribution >= 0.6 is 22.9 Å². The summed E-state index contributed by atoms with van der Waals surface area (Å²) >= 11 is 7.68. The van der Waals surface area contributed by atoms with Crippen molar-refractivity contribution in [3.63, 3.8) is 0 Å². The van der Waals surface area contributed by atoms with Gasteiger partial charge in [-0.05, 0) is 103 Å². The fraction of sp³-hybridized carbons (Fsp3) is 0.800. The molecule has 0 radical (unpaired) electrons. The minimum absolute atomic E-state index is 0.0318. The number of carbonyl (C=O) groups excluding carboxylic acids is 2. The molecule has 4 saturated carbocycles. The number of rotatable bonds is 6. The van der Waals surface area contributed by atoms with Gasteiger partial charge in [0.1, 0.15) is 5.78 Å². The first-order valence-corrected chi connectivity index (χ1v) is 15.5. The van der Waals surface area contributed by atoms with E-state index >= 15 is 0 Å². The van der Waals surface area contributed by atoms with E-state index in [0.717, 1.165) is 28.5 Å². The van der Waals surface area contributed by atoms with E-state index in [9.17, 15) is 14.7 Å². The molecule has 36 heavy (non-hydrogen) atoms. The minimum atomic E-state index is -0.346. The number of Topliss-reactive ketones (excluding diaryl/α,β-unsaturated/α-hetero) is 1. The van der Waals surface area contributed by atoms with Crippen LogP contribution in [0.5, 0.6) is 0 Å². The Balaban J connectivity index is 1.27. The zero-order chi connectivity index (χ0) is 25.8. The molecule has 10 atom stereocenters. The van der Waals surface area contributed by atoms with Crippen molar-refractivity contribution in [1.29, 1.82) is 0 Å². The number of hydrogen-bond donors (Lipinski definition) is 2. The van der Waals surface area contributed by atoms with Crippen LogP contribution in [0.2, 0.25) is 4.34 Å². The third kappa shape index (κ3) is 4.49. The number of aliphatic hydroxyl groups is 1. The first kappa shape index (κ1) is 26.7. The average Bonchev–Trinajstić information content (AvgIpc) is 3.41. The summed E-state index contributed by atoms with van der Waals surface area (Å²) in [5.74, 6) is 3.31. The van der Waals surface area contributed by atoms with Crippen molar-refractivity contribution in [3.8, 4) is 0 Å². The van der Waals surface area contributed by atoms with Gasteiger partial charge < -0.3 is 10.4 Å². The fourth-order valence-corrected chi connectivity index (χ4v) is 10.8. The molecule has 1 aromatic rings. The smallest absolute Gasteiger partial charge is 0.220 e. The molecule has 4 aliphatic carbocycles. The van der Waals surface area contributed by atoms with Crippen LogP contribution in [0.25, 0.3) is 0 Å². The summed E-state index contributed by atoms with van der Waals surface area (Å²) in [6, 6.07) is 3.96. The molecule has 1 amide bonds. The van der Waals surface area contributed by atoms with E-state index in [1.165, 1.54) is 25.7 Å². The molecule has 0 saturated heterocycles. The molecule has 4 nitrogen and oxygen atoms in total. The van der Waals surface area contributed by atoms with E-state index in [-0.39, 0.29) is 34.8 Å². The largest absolute Gasteiger partial charge is 0.393 e. The maximum absolute atomic E-state index is 13.1. The van der Waals surface area contributed by atoms with Gasteiger partial charge in [-0.1, -0.05) is 39.3 Å². The SMILES string of the molecule is CC[C@H](NC(=O)C[C@@H](C)C1CC[C@H]2C3C[C@H](O)C4CC(=O)CCC4(C)[C@H]3CCC12C)c1ccc(Cl)s1. The van der Waals surface area contributed by atoms with Crippen molar-refractivity contribution >= 4 is 34.6 Å². The van der Waals surface area contributed by atoms with Crippen molar-refractivity contribution in [2.24, 2.45) is 46.3 Å². The number of carbonyl (C=O) groups is 2. The molecule has 4 fully saturated rings. The molecule has 1 heterocycles.